The Bertz CT molecular complexity index is 667. The standard InChI is InChI=1S/C15H10FNOS/c16-12-3-4-14-13(7-12)15(18)11(9-19-14)6-10-2-1-5-17-8-10/h1-8H,9H2. The minimum atomic E-state index is -0.379. The fourth-order valence-corrected chi connectivity index (χ4v) is 2.97. The zero-order chi connectivity index (χ0) is 13.2. The van der Waals surface area contributed by atoms with Crippen molar-refractivity contribution in [2.75, 3.05) is 5.75 Å². The number of pyridine rings is 1. The van der Waals surface area contributed by atoms with E-state index in [2.05, 4.69) is 4.98 Å². The van der Waals surface area contributed by atoms with E-state index >= 15 is 0 Å². The molecule has 0 atom stereocenters. The minimum absolute atomic E-state index is 0.0999. The predicted molar refractivity (Wildman–Crippen MR) is 73.7 cm³/mol. The molecule has 0 unspecified atom stereocenters. The first-order valence-electron chi connectivity index (χ1n) is 5.82. The molecule has 0 fully saturated rings. The molecule has 1 aromatic heterocycles. The van der Waals surface area contributed by atoms with Crippen LogP contribution in [-0.2, 0) is 0 Å². The molecule has 0 amide bonds. The molecule has 0 aliphatic carbocycles. The second-order valence-electron chi connectivity index (χ2n) is 4.21. The lowest BCUT2D eigenvalue weighted by molar-refractivity contribution is 0.103. The highest BCUT2D eigenvalue weighted by atomic mass is 32.2. The third-order valence-electron chi connectivity index (χ3n) is 2.89. The predicted octanol–water partition coefficient (Wildman–Crippen LogP) is 3.59. The number of thioether (sulfide) groups is 1. The Labute approximate surface area is 114 Å². The first kappa shape index (κ1) is 12.1. The van der Waals surface area contributed by atoms with Gasteiger partial charge in [0.2, 0.25) is 0 Å². The molecular formula is C15H10FNOS. The van der Waals surface area contributed by atoms with E-state index in [1.165, 1.54) is 12.1 Å². The van der Waals surface area contributed by atoms with Crippen molar-refractivity contribution in [2.45, 2.75) is 4.90 Å². The van der Waals surface area contributed by atoms with Crippen molar-refractivity contribution >= 4 is 23.6 Å². The monoisotopic (exact) mass is 271 g/mol. The van der Waals surface area contributed by atoms with Gasteiger partial charge in [0.15, 0.2) is 5.78 Å². The topological polar surface area (TPSA) is 30.0 Å². The fourth-order valence-electron chi connectivity index (χ4n) is 1.97. The van der Waals surface area contributed by atoms with Crippen LogP contribution in [0, 0.1) is 5.82 Å². The van der Waals surface area contributed by atoms with Gasteiger partial charge in [-0.15, -0.1) is 11.8 Å². The maximum atomic E-state index is 13.2. The molecule has 2 heterocycles. The maximum Gasteiger partial charge on any atom is 0.191 e. The van der Waals surface area contributed by atoms with Crippen molar-refractivity contribution < 1.29 is 9.18 Å². The highest BCUT2D eigenvalue weighted by Gasteiger charge is 2.22. The number of benzene rings is 1. The lowest BCUT2D eigenvalue weighted by Gasteiger charge is -2.16. The summed E-state index contributed by atoms with van der Waals surface area (Å²) in [6.45, 7) is 0. The van der Waals surface area contributed by atoms with Gasteiger partial charge in [0.25, 0.3) is 0 Å². The number of rotatable bonds is 1. The fraction of sp³-hybridized carbons (Fsp3) is 0.0667. The van der Waals surface area contributed by atoms with E-state index in [4.69, 9.17) is 0 Å². The number of hydrogen-bond donors (Lipinski definition) is 0. The molecule has 19 heavy (non-hydrogen) atoms. The number of halogens is 1. The van der Waals surface area contributed by atoms with Gasteiger partial charge in [0.1, 0.15) is 5.82 Å². The van der Waals surface area contributed by atoms with Crippen LogP contribution >= 0.6 is 11.8 Å². The van der Waals surface area contributed by atoms with Crippen molar-refractivity contribution in [3.05, 3.63) is 65.2 Å². The average molecular weight is 271 g/mol. The molecule has 94 valence electrons. The summed E-state index contributed by atoms with van der Waals surface area (Å²) in [5.74, 6) is 0.124. The first-order chi connectivity index (χ1) is 9.24. The third kappa shape index (κ3) is 2.44. The van der Waals surface area contributed by atoms with Gasteiger partial charge >= 0.3 is 0 Å². The lowest BCUT2D eigenvalue weighted by atomic mass is 10.0. The van der Waals surface area contributed by atoms with Gasteiger partial charge in [0, 0.05) is 34.2 Å². The van der Waals surface area contributed by atoms with Crippen LogP contribution in [0.4, 0.5) is 4.39 Å². The zero-order valence-electron chi connectivity index (χ0n) is 9.97. The van der Waals surface area contributed by atoms with Gasteiger partial charge in [-0.2, -0.15) is 0 Å². The number of carbonyl (C=O) groups excluding carboxylic acids is 1. The number of Topliss-reactive ketones (excluding diaryl/α,β-unsaturated/α-hetero) is 1. The summed E-state index contributed by atoms with van der Waals surface area (Å²) in [4.78, 5) is 17.2. The molecular weight excluding hydrogens is 261 g/mol. The Morgan fingerprint density at radius 1 is 1.32 bits per heavy atom. The zero-order valence-corrected chi connectivity index (χ0v) is 10.8. The number of fused-ring (bicyclic) bond motifs is 1. The lowest BCUT2D eigenvalue weighted by Crippen LogP contribution is -2.12. The number of ketones is 1. The van der Waals surface area contributed by atoms with E-state index < -0.39 is 0 Å². The molecule has 0 saturated heterocycles. The number of nitrogens with zero attached hydrogens (tertiary/aromatic N) is 1. The van der Waals surface area contributed by atoms with E-state index in [1.54, 1.807) is 30.2 Å². The molecule has 1 aromatic carbocycles. The number of hydrogen-bond acceptors (Lipinski definition) is 3. The molecule has 0 radical (unpaired) electrons. The highest BCUT2D eigenvalue weighted by Crippen LogP contribution is 2.33. The van der Waals surface area contributed by atoms with Crippen LogP contribution in [0.1, 0.15) is 15.9 Å². The molecule has 0 saturated carbocycles. The van der Waals surface area contributed by atoms with Crippen LogP contribution in [-0.4, -0.2) is 16.5 Å². The number of carbonyl (C=O) groups is 1. The van der Waals surface area contributed by atoms with Crippen LogP contribution in [0.3, 0.4) is 0 Å². The van der Waals surface area contributed by atoms with E-state index in [0.717, 1.165) is 10.5 Å². The Morgan fingerprint density at radius 3 is 3.00 bits per heavy atom. The molecule has 2 aromatic rings. The molecule has 2 nitrogen and oxygen atoms in total. The molecule has 0 spiro atoms. The van der Waals surface area contributed by atoms with Crippen molar-refractivity contribution in [3.8, 4) is 0 Å². The molecule has 4 heteroatoms. The molecule has 1 aliphatic heterocycles. The second-order valence-corrected chi connectivity index (χ2v) is 5.23. The summed E-state index contributed by atoms with van der Waals surface area (Å²) >= 11 is 1.55. The molecule has 0 N–H and O–H groups in total. The summed E-state index contributed by atoms with van der Waals surface area (Å²) in [6.07, 6.45) is 5.20. The van der Waals surface area contributed by atoms with Crippen LogP contribution in [0.5, 0.6) is 0 Å². The Balaban J connectivity index is 2.00. The Morgan fingerprint density at radius 2 is 2.21 bits per heavy atom. The Hall–Kier alpha value is -1.94. The SMILES string of the molecule is O=C1C(=Cc2cccnc2)CSc2ccc(F)cc21. The van der Waals surface area contributed by atoms with E-state index in [9.17, 15) is 9.18 Å². The summed E-state index contributed by atoms with van der Waals surface area (Å²) in [5.41, 5.74) is 2.01. The minimum Gasteiger partial charge on any atom is -0.289 e. The van der Waals surface area contributed by atoms with Gasteiger partial charge in [-0.05, 0) is 35.9 Å². The van der Waals surface area contributed by atoms with Crippen LogP contribution in [0.2, 0.25) is 0 Å². The van der Waals surface area contributed by atoms with Gasteiger partial charge in [-0.1, -0.05) is 6.07 Å². The van der Waals surface area contributed by atoms with Gasteiger partial charge in [-0.3, -0.25) is 9.78 Å². The summed E-state index contributed by atoms with van der Waals surface area (Å²) < 4.78 is 13.2. The van der Waals surface area contributed by atoms with E-state index in [1.807, 2.05) is 18.2 Å². The molecule has 3 rings (SSSR count). The largest absolute Gasteiger partial charge is 0.289 e. The normalized spacial score (nSPS) is 16.5. The average Bonchev–Trinajstić information content (AvgIpc) is 2.44. The van der Waals surface area contributed by atoms with E-state index in [0.29, 0.717) is 16.9 Å². The first-order valence-corrected chi connectivity index (χ1v) is 6.80. The quantitative estimate of drug-likeness (QED) is 0.742. The van der Waals surface area contributed by atoms with Crippen molar-refractivity contribution in [2.24, 2.45) is 0 Å². The summed E-state index contributed by atoms with van der Waals surface area (Å²) in [6, 6.07) is 8.06. The maximum absolute atomic E-state index is 13.2. The van der Waals surface area contributed by atoms with Gasteiger partial charge in [-0.25, -0.2) is 4.39 Å². The van der Waals surface area contributed by atoms with Gasteiger partial charge in [0.05, 0.1) is 0 Å². The van der Waals surface area contributed by atoms with Gasteiger partial charge < -0.3 is 0 Å². The molecule has 0 bridgehead atoms. The summed E-state index contributed by atoms with van der Waals surface area (Å²) in [7, 11) is 0. The second kappa shape index (κ2) is 4.97. The summed E-state index contributed by atoms with van der Waals surface area (Å²) in [5, 5.41) is 0. The smallest absolute Gasteiger partial charge is 0.191 e. The van der Waals surface area contributed by atoms with Crippen LogP contribution < -0.4 is 0 Å². The van der Waals surface area contributed by atoms with E-state index in [-0.39, 0.29) is 11.6 Å². The van der Waals surface area contributed by atoms with Crippen LogP contribution in [0.15, 0.2) is 53.2 Å². The molecule has 1 aliphatic rings. The van der Waals surface area contributed by atoms with Crippen LogP contribution in [0.25, 0.3) is 6.08 Å². The van der Waals surface area contributed by atoms with Crippen molar-refractivity contribution in [1.82, 2.24) is 4.98 Å². The number of aromatic nitrogens is 1. The van der Waals surface area contributed by atoms with Crippen molar-refractivity contribution in [1.29, 1.82) is 0 Å². The Kier molecular flexibility index (Phi) is 3.17. The van der Waals surface area contributed by atoms with Crippen molar-refractivity contribution in [3.63, 3.8) is 0 Å². The highest BCUT2D eigenvalue weighted by molar-refractivity contribution is 7.99. The third-order valence-corrected chi connectivity index (χ3v) is 4.01.